The lowest BCUT2D eigenvalue weighted by Crippen LogP contribution is -2.35. The van der Waals surface area contributed by atoms with E-state index >= 15 is 0 Å². The molecule has 2 aromatic heterocycles. The van der Waals surface area contributed by atoms with Crippen molar-refractivity contribution in [2.24, 2.45) is 0 Å². The van der Waals surface area contributed by atoms with Crippen molar-refractivity contribution < 1.29 is 14.8 Å². The van der Waals surface area contributed by atoms with Gasteiger partial charge in [-0.05, 0) is 24.8 Å². The highest BCUT2D eigenvalue weighted by molar-refractivity contribution is 5.69. The SMILES string of the molecule is CC(C)N(CC(=O)O)Cc1nc2ccccn2c1[N+](=O)[O-]. The van der Waals surface area contributed by atoms with E-state index in [4.69, 9.17) is 5.11 Å². The third kappa shape index (κ3) is 3.16. The summed E-state index contributed by atoms with van der Waals surface area (Å²) in [4.78, 5) is 27.6. The van der Waals surface area contributed by atoms with Crippen molar-refractivity contribution in [3.63, 3.8) is 0 Å². The van der Waals surface area contributed by atoms with Gasteiger partial charge in [-0.3, -0.25) is 9.69 Å². The lowest BCUT2D eigenvalue weighted by molar-refractivity contribution is -0.391. The minimum atomic E-state index is -0.977. The molecule has 0 aliphatic rings. The van der Waals surface area contributed by atoms with Crippen LogP contribution in [0.5, 0.6) is 0 Å². The van der Waals surface area contributed by atoms with Crippen LogP contribution < -0.4 is 0 Å². The summed E-state index contributed by atoms with van der Waals surface area (Å²) in [7, 11) is 0. The third-order valence-corrected chi connectivity index (χ3v) is 3.17. The molecule has 0 atom stereocenters. The Balaban J connectivity index is 2.42. The molecule has 0 saturated carbocycles. The Morgan fingerprint density at radius 3 is 2.81 bits per heavy atom. The van der Waals surface area contributed by atoms with E-state index in [0.29, 0.717) is 5.65 Å². The molecule has 21 heavy (non-hydrogen) atoms. The molecule has 0 spiro atoms. The van der Waals surface area contributed by atoms with Gasteiger partial charge >= 0.3 is 11.8 Å². The number of carboxylic acids is 1. The number of pyridine rings is 1. The molecular weight excluding hydrogens is 276 g/mol. The summed E-state index contributed by atoms with van der Waals surface area (Å²) in [6.07, 6.45) is 1.57. The standard InChI is InChI=1S/C13H16N4O4/c1-9(2)15(8-12(18)19)7-10-13(17(20)21)16-6-4-3-5-11(16)14-10/h3-6,9H,7-8H2,1-2H3,(H,18,19). The van der Waals surface area contributed by atoms with Crippen LogP contribution >= 0.6 is 0 Å². The van der Waals surface area contributed by atoms with E-state index in [-0.39, 0.29) is 30.6 Å². The molecule has 0 aromatic carbocycles. The molecule has 2 aromatic rings. The van der Waals surface area contributed by atoms with Crippen LogP contribution in [0.2, 0.25) is 0 Å². The van der Waals surface area contributed by atoms with Gasteiger partial charge in [-0.1, -0.05) is 6.07 Å². The first-order chi connectivity index (χ1) is 9.90. The lowest BCUT2D eigenvalue weighted by atomic mass is 10.3. The second kappa shape index (κ2) is 5.88. The first-order valence-electron chi connectivity index (χ1n) is 6.46. The number of aliphatic carboxylic acids is 1. The van der Waals surface area contributed by atoms with Gasteiger partial charge < -0.3 is 15.2 Å². The maximum atomic E-state index is 11.3. The average Bonchev–Trinajstić information content (AvgIpc) is 2.75. The molecule has 0 bridgehead atoms. The first-order valence-corrected chi connectivity index (χ1v) is 6.46. The summed E-state index contributed by atoms with van der Waals surface area (Å²) in [6.45, 7) is 3.60. The Bertz CT molecular complexity index is 680. The number of hydrogen-bond donors (Lipinski definition) is 1. The fourth-order valence-corrected chi connectivity index (χ4v) is 2.12. The lowest BCUT2D eigenvalue weighted by Gasteiger charge is -2.23. The van der Waals surface area contributed by atoms with E-state index in [1.54, 1.807) is 29.3 Å². The molecule has 8 nitrogen and oxygen atoms in total. The second-order valence-electron chi connectivity index (χ2n) is 4.96. The number of imidazole rings is 1. The molecule has 1 N–H and O–H groups in total. The van der Waals surface area contributed by atoms with Crippen molar-refractivity contribution in [3.05, 3.63) is 40.2 Å². The molecule has 2 rings (SSSR count). The number of fused-ring (bicyclic) bond motifs is 1. The van der Waals surface area contributed by atoms with E-state index in [9.17, 15) is 14.9 Å². The predicted octanol–water partition coefficient (Wildman–Crippen LogP) is 1.54. The largest absolute Gasteiger partial charge is 0.480 e. The Morgan fingerprint density at radius 1 is 1.52 bits per heavy atom. The molecule has 0 unspecified atom stereocenters. The van der Waals surface area contributed by atoms with Crippen LogP contribution in [0.1, 0.15) is 19.5 Å². The van der Waals surface area contributed by atoms with Crippen LogP contribution in [-0.4, -0.2) is 42.9 Å². The predicted molar refractivity (Wildman–Crippen MR) is 75.0 cm³/mol. The maximum absolute atomic E-state index is 11.3. The van der Waals surface area contributed by atoms with Crippen molar-refractivity contribution in [1.29, 1.82) is 0 Å². The van der Waals surface area contributed by atoms with Crippen LogP contribution in [0.4, 0.5) is 5.82 Å². The summed E-state index contributed by atoms with van der Waals surface area (Å²) in [6, 6.07) is 5.04. The zero-order chi connectivity index (χ0) is 15.6. The van der Waals surface area contributed by atoms with Gasteiger partial charge in [-0.2, -0.15) is 4.40 Å². The minimum absolute atomic E-state index is 0.0643. The van der Waals surface area contributed by atoms with Gasteiger partial charge in [0, 0.05) is 12.1 Å². The van der Waals surface area contributed by atoms with Gasteiger partial charge in [-0.25, -0.2) is 4.98 Å². The fourth-order valence-electron chi connectivity index (χ4n) is 2.12. The zero-order valence-electron chi connectivity index (χ0n) is 11.8. The van der Waals surface area contributed by atoms with E-state index in [0.717, 1.165) is 0 Å². The Labute approximate surface area is 120 Å². The molecule has 2 heterocycles. The minimum Gasteiger partial charge on any atom is -0.480 e. The summed E-state index contributed by atoms with van der Waals surface area (Å²) in [5, 5.41) is 20.2. The smallest absolute Gasteiger partial charge is 0.352 e. The van der Waals surface area contributed by atoms with E-state index < -0.39 is 10.9 Å². The van der Waals surface area contributed by atoms with Gasteiger partial charge in [0.05, 0.1) is 19.3 Å². The molecule has 112 valence electrons. The van der Waals surface area contributed by atoms with Crippen molar-refractivity contribution in [1.82, 2.24) is 14.3 Å². The molecule has 0 aliphatic heterocycles. The van der Waals surface area contributed by atoms with Crippen LogP contribution in [0.25, 0.3) is 5.65 Å². The number of hydrogen-bond acceptors (Lipinski definition) is 5. The Morgan fingerprint density at radius 2 is 2.24 bits per heavy atom. The number of rotatable bonds is 6. The van der Waals surface area contributed by atoms with Gasteiger partial charge in [0.2, 0.25) is 5.65 Å². The number of nitro groups is 1. The molecule has 0 saturated heterocycles. The van der Waals surface area contributed by atoms with Gasteiger partial charge in [0.25, 0.3) is 0 Å². The fraction of sp³-hybridized carbons (Fsp3) is 0.385. The van der Waals surface area contributed by atoms with E-state index in [1.165, 1.54) is 4.40 Å². The summed E-state index contributed by atoms with van der Waals surface area (Å²) >= 11 is 0. The quantitative estimate of drug-likeness (QED) is 0.640. The maximum Gasteiger partial charge on any atom is 0.352 e. The highest BCUT2D eigenvalue weighted by Crippen LogP contribution is 2.22. The molecule has 0 radical (unpaired) electrons. The van der Waals surface area contributed by atoms with E-state index in [1.807, 2.05) is 13.8 Å². The molecule has 0 amide bonds. The monoisotopic (exact) mass is 292 g/mol. The van der Waals surface area contributed by atoms with Crippen molar-refractivity contribution in [2.45, 2.75) is 26.4 Å². The number of nitrogens with zero attached hydrogens (tertiary/aromatic N) is 4. The van der Waals surface area contributed by atoms with E-state index in [2.05, 4.69) is 4.98 Å². The van der Waals surface area contributed by atoms with Crippen LogP contribution in [0.3, 0.4) is 0 Å². The Kier molecular flexibility index (Phi) is 4.18. The Hall–Kier alpha value is -2.48. The van der Waals surface area contributed by atoms with Crippen molar-refractivity contribution in [2.75, 3.05) is 6.54 Å². The first kappa shape index (κ1) is 14.9. The van der Waals surface area contributed by atoms with Crippen molar-refractivity contribution in [3.8, 4) is 0 Å². The van der Waals surface area contributed by atoms with Crippen LogP contribution in [0, 0.1) is 10.1 Å². The number of carbonyl (C=O) groups is 1. The zero-order valence-corrected chi connectivity index (χ0v) is 11.8. The molecule has 0 aliphatic carbocycles. The molecule has 0 fully saturated rings. The number of aromatic nitrogens is 2. The van der Waals surface area contributed by atoms with Gasteiger partial charge in [0.15, 0.2) is 5.69 Å². The van der Waals surface area contributed by atoms with Gasteiger partial charge in [-0.15, -0.1) is 0 Å². The van der Waals surface area contributed by atoms with Crippen LogP contribution in [0.15, 0.2) is 24.4 Å². The average molecular weight is 292 g/mol. The molecule has 8 heteroatoms. The summed E-state index contributed by atoms with van der Waals surface area (Å²) < 4.78 is 1.40. The number of carboxylic acid groups (broad SMARTS) is 1. The van der Waals surface area contributed by atoms with Crippen LogP contribution in [-0.2, 0) is 11.3 Å². The molecular formula is C13H16N4O4. The third-order valence-electron chi connectivity index (χ3n) is 3.17. The van der Waals surface area contributed by atoms with Gasteiger partial charge in [0.1, 0.15) is 0 Å². The second-order valence-corrected chi connectivity index (χ2v) is 4.96. The highest BCUT2D eigenvalue weighted by Gasteiger charge is 2.25. The van der Waals surface area contributed by atoms with Crippen molar-refractivity contribution >= 4 is 17.4 Å². The highest BCUT2D eigenvalue weighted by atomic mass is 16.6. The normalized spacial score (nSPS) is 11.4. The summed E-state index contributed by atoms with van der Waals surface area (Å²) in [5.74, 6) is -1.10. The summed E-state index contributed by atoms with van der Waals surface area (Å²) in [5.41, 5.74) is 0.736. The topological polar surface area (TPSA) is 101 Å².